The molecule has 0 bridgehead atoms. The average Bonchev–Trinajstić information content (AvgIpc) is 3.25. The summed E-state index contributed by atoms with van der Waals surface area (Å²) in [4.78, 5) is 30.1. The first kappa shape index (κ1) is 27.6. The molecule has 0 aliphatic rings. The first-order valence-corrected chi connectivity index (χ1v) is 12.2. The zero-order valence-electron chi connectivity index (χ0n) is 21.1. The third-order valence-electron chi connectivity index (χ3n) is 5.70. The number of rotatable bonds is 16. The van der Waals surface area contributed by atoms with Crippen molar-refractivity contribution in [2.75, 3.05) is 40.0 Å². The number of esters is 1. The number of benzene rings is 1. The number of furan rings is 1. The highest BCUT2D eigenvalue weighted by Crippen LogP contribution is 2.15. The van der Waals surface area contributed by atoms with Crippen LogP contribution in [0.4, 0.5) is 0 Å². The molecule has 0 saturated heterocycles. The van der Waals surface area contributed by atoms with E-state index in [2.05, 4.69) is 12.1 Å². The van der Waals surface area contributed by atoms with Gasteiger partial charge in [0.1, 0.15) is 17.6 Å². The Bertz CT molecular complexity index is 852. The van der Waals surface area contributed by atoms with E-state index in [1.165, 1.54) is 5.56 Å². The van der Waals surface area contributed by atoms with E-state index in [9.17, 15) is 9.59 Å². The Morgan fingerprint density at radius 2 is 1.82 bits per heavy atom. The topological polar surface area (TPSA) is 72.2 Å². The average molecular weight is 473 g/mol. The highest BCUT2D eigenvalue weighted by Gasteiger charge is 2.29. The Labute approximate surface area is 204 Å². The molecule has 0 aliphatic carbocycles. The summed E-state index contributed by atoms with van der Waals surface area (Å²) in [5.74, 6) is 1.26. The molecule has 2 aromatic rings. The van der Waals surface area contributed by atoms with Gasteiger partial charge in [-0.25, -0.2) is 0 Å². The number of amides is 1. The zero-order valence-corrected chi connectivity index (χ0v) is 21.1. The normalized spacial score (nSPS) is 12.0. The first-order chi connectivity index (χ1) is 16.5. The lowest BCUT2D eigenvalue weighted by molar-refractivity contribution is -0.151. The first-order valence-electron chi connectivity index (χ1n) is 12.2. The van der Waals surface area contributed by atoms with Gasteiger partial charge in [-0.2, -0.15) is 0 Å². The summed E-state index contributed by atoms with van der Waals surface area (Å²) in [5, 5.41) is 0. The molecule has 0 radical (unpaired) electrons. The van der Waals surface area contributed by atoms with Crippen LogP contribution in [-0.2, 0) is 32.0 Å². The lowest BCUT2D eigenvalue weighted by atomic mass is 10.1. The van der Waals surface area contributed by atoms with Crippen molar-refractivity contribution >= 4 is 11.9 Å². The number of carbonyl (C=O) groups excluding carboxylic acids is 2. The summed E-state index contributed by atoms with van der Waals surface area (Å²) in [5.41, 5.74) is 1.17. The van der Waals surface area contributed by atoms with Crippen molar-refractivity contribution in [1.29, 1.82) is 0 Å². The molecule has 1 amide bonds. The number of hydrogen-bond acceptors (Lipinski definition) is 6. The second-order valence-electron chi connectivity index (χ2n) is 8.44. The fourth-order valence-corrected chi connectivity index (χ4v) is 3.95. The zero-order chi connectivity index (χ0) is 24.8. The van der Waals surface area contributed by atoms with Gasteiger partial charge < -0.3 is 18.8 Å². The van der Waals surface area contributed by atoms with Gasteiger partial charge in [-0.15, -0.1) is 0 Å². The van der Waals surface area contributed by atoms with Crippen LogP contribution in [-0.4, -0.2) is 67.7 Å². The second kappa shape index (κ2) is 15.3. The Morgan fingerprint density at radius 1 is 1.06 bits per heavy atom. The van der Waals surface area contributed by atoms with Gasteiger partial charge in [-0.05, 0) is 50.8 Å². The summed E-state index contributed by atoms with van der Waals surface area (Å²) in [7, 11) is 1.65. The second-order valence-corrected chi connectivity index (χ2v) is 8.44. The summed E-state index contributed by atoms with van der Waals surface area (Å²) in [6.45, 7) is 8.29. The third kappa shape index (κ3) is 9.31. The SMILES string of the molecule is CCCC(C(=O)OCC)N(CCCOC)CC(=O)N(CCc1ccccc1)Cc1ccc(C)o1. The van der Waals surface area contributed by atoms with Gasteiger partial charge in [0.05, 0.1) is 19.7 Å². The van der Waals surface area contributed by atoms with Crippen molar-refractivity contribution in [3.63, 3.8) is 0 Å². The van der Waals surface area contributed by atoms with Gasteiger partial charge in [-0.3, -0.25) is 14.5 Å². The lowest BCUT2D eigenvalue weighted by Gasteiger charge is -2.32. The van der Waals surface area contributed by atoms with Gasteiger partial charge in [-0.1, -0.05) is 43.7 Å². The van der Waals surface area contributed by atoms with Crippen LogP contribution in [0.15, 0.2) is 46.9 Å². The van der Waals surface area contributed by atoms with Crippen LogP contribution in [0.1, 0.15) is 50.2 Å². The minimum atomic E-state index is -0.451. The molecule has 0 saturated carbocycles. The molecule has 7 heteroatoms. The summed E-state index contributed by atoms with van der Waals surface area (Å²) in [6, 6.07) is 13.5. The Hall–Kier alpha value is -2.64. The number of nitrogens with zero attached hydrogens (tertiary/aromatic N) is 2. The standard InChI is InChI=1S/C27H40N2O5/c1-5-11-25(27(31)33-6-2)28(17-10-19-32-4)21-26(30)29(20-24-15-14-22(3)34-24)18-16-23-12-8-7-9-13-23/h7-9,12-15,25H,5-6,10-11,16-21H2,1-4H3. The number of ether oxygens (including phenoxy) is 2. The number of aryl methyl sites for hydroxylation is 1. The van der Waals surface area contributed by atoms with Crippen molar-refractivity contribution in [2.24, 2.45) is 0 Å². The summed E-state index contributed by atoms with van der Waals surface area (Å²) in [6.07, 6.45) is 2.93. The van der Waals surface area contributed by atoms with Gasteiger partial charge in [0.2, 0.25) is 5.91 Å². The quantitative estimate of drug-likeness (QED) is 0.269. The molecule has 0 N–H and O–H groups in total. The van der Waals surface area contributed by atoms with Crippen molar-refractivity contribution in [3.05, 3.63) is 59.5 Å². The maximum Gasteiger partial charge on any atom is 0.323 e. The van der Waals surface area contributed by atoms with E-state index in [4.69, 9.17) is 13.9 Å². The fraction of sp³-hybridized carbons (Fsp3) is 0.556. The Balaban J connectivity index is 2.19. The van der Waals surface area contributed by atoms with Gasteiger partial charge in [0.25, 0.3) is 0 Å². The maximum absolute atomic E-state index is 13.6. The molecule has 188 valence electrons. The lowest BCUT2D eigenvalue weighted by Crippen LogP contribution is -2.49. The van der Waals surface area contributed by atoms with Gasteiger partial charge in [0, 0.05) is 26.8 Å². The van der Waals surface area contributed by atoms with Gasteiger partial charge in [0.15, 0.2) is 0 Å². The highest BCUT2D eigenvalue weighted by atomic mass is 16.5. The predicted molar refractivity (Wildman–Crippen MR) is 132 cm³/mol. The molecule has 2 rings (SSSR count). The number of carbonyl (C=O) groups is 2. The van der Waals surface area contributed by atoms with E-state index in [-0.39, 0.29) is 18.4 Å². The van der Waals surface area contributed by atoms with E-state index >= 15 is 0 Å². The van der Waals surface area contributed by atoms with Crippen LogP contribution < -0.4 is 0 Å². The smallest absolute Gasteiger partial charge is 0.323 e. The molecule has 7 nitrogen and oxygen atoms in total. The predicted octanol–water partition coefficient (Wildman–Crippen LogP) is 4.23. The van der Waals surface area contributed by atoms with E-state index in [1.54, 1.807) is 14.0 Å². The molecule has 0 fully saturated rings. The third-order valence-corrected chi connectivity index (χ3v) is 5.70. The van der Waals surface area contributed by atoms with Crippen molar-refractivity contribution in [1.82, 2.24) is 9.80 Å². The Morgan fingerprint density at radius 3 is 2.44 bits per heavy atom. The highest BCUT2D eigenvalue weighted by molar-refractivity contribution is 5.80. The van der Waals surface area contributed by atoms with Crippen LogP contribution in [0.3, 0.4) is 0 Å². The molecule has 1 aromatic carbocycles. The van der Waals surface area contributed by atoms with Crippen LogP contribution in [0.25, 0.3) is 0 Å². The molecule has 1 heterocycles. The van der Waals surface area contributed by atoms with Crippen molar-refractivity contribution < 1.29 is 23.5 Å². The van der Waals surface area contributed by atoms with Crippen LogP contribution >= 0.6 is 0 Å². The summed E-state index contributed by atoms with van der Waals surface area (Å²) < 4.78 is 16.3. The Kier molecular flexibility index (Phi) is 12.4. The molecule has 0 spiro atoms. The molecule has 1 aromatic heterocycles. The van der Waals surface area contributed by atoms with Crippen LogP contribution in [0, 0.1) is 6.92 Å². The molecule has 1 unspecified atom stereocenters. The minimum Gasteiger partial charge on any atom is -0.465 e. The van der Waals surface area contributed by atoms with Crippen molar-refractivity contribution in [2.45, 2.75) is 59.0 Å². The molecule has 0 aliphatic heterocycles. The van der Waals surface area contributed by atoms with E-state index in [0.29, 0.717) is 39.3 Å². The van der Waals surface area contributed by atoms with E-state index < -0.39 is 6.04 Å². The van der Waals surface area contributed by atoms with Crippen LogP contribution in [0.2, 0.25) is 0 Å². The van der Waals surface area contributed by atoms with E-state index in [0.717, 1.165) is 30.8 Å². The minimum absolute atomic E-state index is 0.0344. The molecular weight excluding hydrogens is 432 g/mol. The van der Waals surface area contributed by atoms with E-state index in [1.807, 2.05) is 54.0 Å². The maximum atomic E-state index is 13.6. The number of methoxy groups -OCH3 is 1. The molecule has 1 atom stereocenters. The largest absolute Gasteiger partial charge is 0.465 e. The fourth-order valence-electron chi connectivity index (χ4n) is 3.95. The number of hydrogen-bond donors (Lipinski definition) is 0. The molecule has 34 heavy (non-hydrogen) atoms. The van der Waals surface area contributed by atoms with Crippen LogP contribution in [0.5, 0.6) is 0 Å². The summed E-state index contributed by atoms with van der Waals surface area (Å²) >= 11 is 0. The monoisotopic (exact) mass is 472 g/mol. The molecular formula is C27H40N2O5. The van der Waals surface area contributed by atoms with Gasteiger partial charge >= 0.3 is 5.97 Å². The van der Waals surface area contributed by atoms with Crippen molar-refractivity contribution in [3.8, 4) is 0 Å².